The van der Waals surface area contributed by atoms with Crippen molar-refractivity contribution in [1.82, 2.24) is 5.32 Å². The van der Waals surface area contributed by atoms with E-state index >= 15 is 0 Å². The van der Waals surface area contributed by atoms with Crippen molar-refractivity contribution in [3.8, 4) is 5.75 Å². The number of hydrogen-bond acceptors (Lipinski definition) is 2. The van der Waals surface area contributed by atoms with Gasteiger partial charge in [-0.05, 0) is 44.7 Å². The van der Waals surface area contributed by atoms with Gasteiger partial charge in [-0.25, -0.2) is 0 Å². The molecule has 0 spiro atoms. The van der Waals surface area contributed by atoms with Crippen molar-refractivity contribution in [2.75, 3.05) is 13.7 Å². The first-order valence-electron chi connectivity index (χ1n) is 5.28. The maximum Gasteiger partial charge on any atom is 0.124 e. The third-order valence-electron chi connectivity index (χ3n) is 2.35. The van der Waals surface area contributed by atoms with Crippen LogP contribution in [-0.2, 0) is 0 Å². The Kier molecular flexibility index (Phi) is 5.03. The molecule has 3 heteroatoms. The van der Waals surface area contributed by atoms with Gasteiger partial charge in [0.25, 0.3) is 0 Å². The zero-order valence-electron chi connectivity index (χ0n) is 10.0. The highest BCUT2D eigenvalue weighted by atomic mass is 79.9. The number of hydrogen-bond donors (Lipinski definition) is 1. The summed E-state index contributed by atoms with van der Waals surface area (Å²) in [7, 11) is 1.94. The van der Waals surface area contributed by atoms with Crippen LogP contribution in [-0.4, -0.2) is 13.7 Å². The molecular formula is C13H18BrNO. The molecule has 0 saturated carbocycles. The summed E-state index contributed by atoms with van der Waals surface area (Å²) in [5, 5.41) is 3.21. The Morgan fingerprint density at radius 2 is 2.25 bits per heavy atom. The lowest BCUT2D eigenvalue weighted by atomic mass is 10.1. The van der Waals surface area contributed by atoms with E-state index in [0.717, 1.165) is 21.4 Å². The van der Waals surface area contributed by atoms with Gasteiger partial charge < -0.3 is 10.1 Å². The number of nitrogens with one attached hydrogen (secondary N) is 1. The lowest BCUT2D eigenvalue weighted by Gasteiger charge is -2.17. The van der Waals surface area contributed by atoms with Crippen LogP contribution in [0.15, 0.2) is 34.8 Å². The fourth-order valence-electron chi connectivity index (χ4n) is 1.35. The van der Waals surface area contributed by atoms with Crippen molar-refractivity contribution >= 4 is 15.9 Å². The summed E-state index contributed by atoms with van der Waals surface area (Å²) in [6.45, 7) is 8.46. The van der Waals surface area contributed by atoms with Crippen LogP contribution in [0.3, 0.4) is 0 Å². The van der Waals surface area contributed by atoms with E-state index in [2.05, 4.69) is 40.8 Å². The Labute approximate surface area is 106 Å². The highest BCUT2D eigenvalue weighted by molar-refractivity contribution is 9.10. The fraction of sp³-hybridized carbons (Fsp3) is 0.385. The van der Waals surface area contributed by atoms with Crippen LogP contribution in [0.2, 0.25) is 0 Å². The molecule has 0 fully saturated rings. The van der Waals surface area contributed by atoms with Crippen molar-refractivity contribution in [2.45, 2.75) is 19.9 Å². The molecular weight excluding hydrogens is 266 g/mol. The third kappa shape index (κ3) is 3.65. The normalized spacial score (nSPS) is 12.2. The number of ether oxygens (including phenoxy) is 1. The second-order valence-electron chi connectivity index (χ2n) is 3.94. The summed E-state index contributed by atoms with van der Waals surface area (Å²) in [6.07, 6.45) is 0. The Morgan fingerprint density at radius 1 is 1.56 bits per heavy atom. The number of rotatable bonds is 5. The second kappa shape index (κ2) is 6.06. The third-order valence-corrected chi connectivity index (χ3v) is 2.84. The van der Waals surface area contributed by atoms with Gasteiger partial charge in [-0.3, -0.25) is 0 Å². The minimum atomic E-state index is 0.262. The zero-order valence-corrected chi connectivity index (χ0v) is 11.6. The van der Waals surface area contributed by atoms with Gasteiger partial charge in [0.05, 0.1) is 0 Å². The van der Waals surface area contributed by atoms with Crippen molar-refractivity contribution in [3.63, 3.8) is 0 Å². The molecule has 0 aliphatic rings. The van der Waals surface area contributed by atoms with Crippen LogP contribution in [0.4, 0.5) is 0 Å². The quantitative estimate of drug-likeness (QED) is 0.833. The van der Waals surface area contributed by atoms with E-state index in [0.29, 0.717) is 6.61 Å². The van der Waals surface area contributed by atoms with E-state index in [1.807, 2.05) is 26.1 Å². The lowest BCUT2D eigenvalue weighted by Crippen LogP contribution is -2.14. The summed E-state index contributed by atoms with van der Waals surface area (Å²) >= 11 is 3.47. The minimum Gasteiger partial charge on any atom is -0.489 e. The lowest BCUT2D eigenvalue weighted by molar-refractivity contribution is 0.345. The predicted octanol–water partition coefficient (Wildman–Crippen LogP) is 3.68. The molecule has 1 aromatic rings. The maximum atomic E-state index is 5.72. The topological polar surface area (TPSA) is 21.3 Å². The first-order valence-corrected chi connectivity index (χ1v) is 6.07. The molecule has 0 aromatic heterocycles. The Hall–Kier alpha value is -0.800. The molecule has 1 N–H and O–H groups in total. The van der Waals surface area contributed by atoms with Crippen molar-refractivity contribution in [3.05, 3.63) is 40.4 Å². The van der Waals surface area contributed by atoms with Crippen molar-refractivity contribution in [1.29, 1.82) is 0 Å². The molecule has 2 nitrogen and oxygen atoms in total. The average Bonchev–Trinajstić information content (AvgIpc) is 2.26. The SMILES string of the molecule is C=C(C)COc1ccc(Br)cc1C(C)NC. The molecule has 0 radical (unpaired) electrons. The van der Waals surface area contributed by atoms with E-state index in [1.54, 1.807) is 0 Å². The Balaban J connectivity index is 2.93. The van der Waals surface area contributed by atoms with E-state index in [9.17, 15) is 0 Å². The van der Waals surface area contributed by atoms with Crippen LogP contribution in [0.25, 0.3) is 0 Å². The Bertz CT molecular complexity index is 376. The molecule has 1 aromatic carbocycles. The van der Waals surface area contributed by atoms with Gasteiger partial charge in [-0.2, -0.15) is 0 Å². The molecule has 0 saturated heterocycles. The summed E-state index contributed by atoms with van der Waals surface area (Å²) in [4.78, 5) is 0. The molecule has 88 valence electrons. The summed E-state index contributed by atoms with van der Waals surface area (Å²) in [5.41, 5.74) is 2.17. The maximum absolute atomic E-state index is 5.72. The number of halogens is 1. The molecule has 0 amide bonds. The summed E-state index contributed by atoms with van der Waals surface area (Å²) in [6, 6.07) is 6.31. The van der Waals surface area contributed by atoms with Crippen LogP contribution < -0.4 is 10.1 Å². The van der Waals surface area contributed by atoms with Gasteiger partial charge in [0.15, 0.2) is 0 Å². The van der Waals surface area contributed by atoms with E-state index in [-0.39, 0.29) is 6.04 Å². The molecule has 0 heterocycles. The first-order chi connectivity index (χ1) is 7.54. The van der Waals surface area contributed by atoms with Gasteiger partial charge in [0.1, 0.15) is 12.4 Å². The van der Waals surface area contributed by atoms with Crippen LogP contribution in [0.1, 0.15) is 25.5 Å². The Morgan fingerprint density at radius 3 is 2.81 bits per heavy atom. The van der Waals surface area contributed by atoms with Crippen LogP contribution >= 0.6 is 15.9 Å². The molecule has 0 aliphatic carbocycles. The number of benzene rings is 1. The fourth-order valence-corrected chi connectivity index (χ4v) is 1.72. The highest BCUT2D eigenvalue weighted by Gasteiger charge is 2.10. The van der Waals surface area contributed by atoms with Crippen molar-refractivity contribution < 1.29 is 4.74 Å². The smallest absolute Gasteiger partial charge is 0.124 e. The minimum absolute atomic E-state index is 0.262. The van der Waals surface area contributed by atoms with Crippen molar-refractivity contribution in [2.24, 2.45) is 0 Å². The van der Waals surface area contributed by atoms with Gasteiger partial charge in [-0.1, -0.05) is 22.5 Å². The molecule has 0 bridgehead atoms. The molecule has 1 unspecified atom stereocenters. The zero-order chi connectivity index (χ0) is 12.1. The molecule has 16 heavy (non-hydrogen) atoms. The summed E-state index contributed by atoms with van der Waals surface area (Å²) < 4.78 is 6.78. The van der Waals surface area contributed by atoms with Gasteiger partial charge >= 0.3 is 0 Å². The largest absolute Gasteiger partial charge is 0.489 e. The van der Waals surface area contributed by atoms with Gasteiger partial charge in [0.2, 0.25) is 0 Å². The molecule has 0 aliphatic heterocycles. The highest BCUT2D eigenvalue weighted by Crippen LogP contribution is 2.28. The van der Waals surface area contributed by atoms with Gasteiger partial charge in [-0.15, -0.1) is 0 Å². The average molecular weight is 284 g/mol. The first kappa shape index (κ1) is 13.3. The van der Waals surface area contributed by atoms with Gasteiger partial charge in [0, 0.05) is 16.1 Å². The van der Waals surface area contributed by atoms with Crippen LogP contribution in [0.5, 0.6) is 5.75 Å². The molecule has 1 rings (SSSR count). The second-order valence-corrected chi connectivity index (χ2v) is 4.85. The monoisotopic (exact) mass is 283 g/mol. The molecule has 1 atom stereocenters. The van der Waals surface area contributed by atoms with E-state index in [4.69, 9.17) is 4.74 Å². The summed E-state index contributed by atoms with van der Waals surface area (Å²) in [5.74, 6) is 0.910. The standard InChI is InChI=1S/C13H18BrNO/c1-9(2)8-16-13-6-5-11(14)7-12(13)10(3)15-4/h5-7,10,15H,1,8H2,2-4H3. The van der Waals surface area contributed by atoms with E-state index in [1.165, 1.54) is 0 Å². The predicted molar refractivity (Wildman–Crippen MR) is 71.9 cm³/mol. The van der Waals surface area contributed by atoms with E-state index < -0.39 is 0 Å². The van der Waals surface area contributed by atoms with Crippen LogP contribution in [0, 0.1) is 0 Å².